The van der Waals surface area contributed by atoms with E-state index in [2.05, 4.69) is 14.7 Å². The predicted octanol–water partition coefficient (Wildman–Crippen LogP) is 4.16. The van der Waals surface area contributed by atoms with E-state index in [4.69, 9.17) is 0 Å². The average molecular weight is 395 g/mol. The van der Waals surface area contributed by atoms with Crippen LogP contribution in [0.1, 0.15) is 11.1 Å². The fourth-order valence-corrected chi connectivity index (χ4v) is 4.01. The highest BCUT2D eigenvalue weighted by Gasteiger charge is 2.16. The van der Waals surface area contributed by atoms with Crippen LogP contribution in [0.5, 0.6) is 0 Å². The summed E-state index contributed by atoms with van der Waals surface area (Å²) in [6.45, 7) is 1.83. The molecule has 0 radical (unpaired) electrons. The third-order valence-electron chi connectivity index (χ3n) is 4.57. The van der Waals surface area contributed by atoms with Gasteiger partial charge in [-0.3, -0.25) is 0 Å². The van der Waals surface area contributed by atoms with Gasteiger partial charge in [-0.2, -0.15) is 0 Å². The van der Waals surface area contributed by atoms with E-state index in [1.807, 2.05) is 37.3 Å². The largest absolute Gasteiger partial charge is 0.338 e. The fourth-order valence-electron chi connectivity index (χ4n) is 2.98. The number of sulfonamides is 1. The lowest BCUT2D eigenvalue weighted by molar-refractivity contribution is 0.580. The molecule has 4 aromatic rings. The lowest BCUT2D eigenvalue weighted by Gasteiger charge is -2.09. The molecule has 0 fully saturated rings. The van der Waals surface area contributed by atoms with Gasteiger partial charge in [-0.15, -0.1) is 0 Å². The summed E-state index contributed by atoms with van der Waals surface area (Å²) in [7, 11) is -3.76. The van der Waals surface area contributed by atoms with Gasteiger partial charge in [0.05, 0.1) is 15.9 Å². The molecule has 0 saturated heterocycles. The van der Waals surface area contributed by atoms with E-state index < -0.39 is 15.8 Å². The van der Waals surface area contributed by atoms with Crippen molar-refractivity contribution in [2.45, 2.75) is 18.4 Å². The lowest BCUT2D eigenvalue weighted by atomic mass is 10.1. The first-order valence-corrected chi connectivity index (χ1v) is 10.2. The van der Waals surface area contributed by atoms with Gasteiger partial charge < -0.3 is 4.98 Å². The standard InChI is InChI=1S/C21H18FN3O2S/c1-14-7-8-17(22)11-16(14)13-23-28(26,27)18-9-10-19-20(12-18)25-21(24-19)15-5-3-2-4-6-15/h2-12,23H,13H2,1H3,(H,24,25). The highest BCUT2D eigenvalue weighted by atomic mass is 32.2. The van der Waals surface area contributed by atoms with Crippen molar-refractivity contribution in [2.24, 2.45) is 0 Å². The van der Waals surface area contributed by atoms with Gasteiger partial charge in [-0.25, -0.2) is 22.5 Å². The van der Waals surface area contributed by atoms with Crippen molar-refractivity contribution < 1.29 is 12.8 Å². The molecule has 0 aliphatic carbocycles. The van der Waals surface area contributed by atoms with Gasteiger partial charge in [0, 0.05) is 12.1 Å². The number of aromatic amines is 1. The molecule has 0 aliphatic heterocycles. The molecule has 1 aromatic heterocycles. The molecule has 0 atom stereocenters. The van der Waals surface area contributed by atoms with Crippen LogP contribution in [0.15, 0.2) is 71.6 Å². The van der Waals surface area contributed by atoms with Gasteiger partial charge in [0.15, 0.2) is 0 Å². The summed E-state index contributed by atoms with van der Waals surface area (Å²) >= 11 is 0. The Kier molecular flexibility index (Phi) is 4.70. The predicted molar refractivity (Wildman–Crippen MR) is 107 cm³/mol. The number of nitrogens with one attached hydrogen (secondary N) is 2. The van der Waals surface area contributed by atoms with Crippen LogP contribution < -0.4 is 4.72 Å². The van der Waals surface area contributed by atoms with Crippen LogP contribution in [0, 0.1) is 12.7 Å². The average Bonchev–Trinajstić information content (AvgIpc) is 3.13. The summed E-state index contributed by atoms with van der Waals surface area (Å²) in [5.74, 6) is 0.278. The highest BCUT2D eigenvalue weighted by Crippen LogP contribution is 2.23. The van der Waals surface area contributed by atoms with Gasteiger partial charge in [0.2, 0.25) is 10.0 Å². The molecule has 0 spiro atoms. The van der Waals surface area contributed by atoms with Crippen LogP contribution in [0.4, 0.5) is 4.39 Å². The number of rotatable bonds is 5. The number of halogens is 1. The molecule has 0 amide bonds. The third-order valence-corrected chi connectivity index (χ3v) is 5.97. The quantitative estimate of drug-likeness (QED) is 0.533. The van der Waals surface area contributed by atoms with Crippen molar-refractivity contribution >= 4 is 21.1 Å². The molecule has 0 aliphatic rings. The minimum atomic E-state index is -3.76. The highest BCUT2D eigenvalue weighted by molar-refractivity contribution is 7.89. The molecule has 142 valence electrons. The number of fused-ring (bicyclic) bond motifs is 1. The van der Waals surface area contributed by atoms with Gasteiger partial charge in [0.25, 0.3) is 0 Å². The molecule has 2 N–H and O–H groups in total. The second-order valence-electron chi connectivity index (χ2n) is 6.53. The molecule has 0 bridgehead atoms. The number of imidazole rings is 1. The molecule has 5 nitrogen and oxygen atoms in total. The molecule has 28 heavy (non-hydrogen) atoms. The summed E-state index contributed by atoms with van der Waals surface area (Å²) in [6, 6.07) is 18.6. The van der Waals surface area contributed by atoms with Crippen LogP contribution in [-0.2, 0) is 16.6 Å². The van der Waals surface area contributed by atoms with Crippen LogP contribution in [-0.4, -0.2) is 18.4 Å². The number of H-pyrrole nitrogens is 1. The Morgan fingerprint density at radius 1 is 1.04 bits per heavy atom. The summed E-state index contributed by atoms with van der Waals surface area (Å²) in [5, 5.41) is 0. The second-order valence-corrected chi connectivity index (χ2v) is 8.29. The van der Waals surface area contributed by atoms with E-state index in [1.54, 1.807) is 18.2 Å². The van der Waals surface area contributed by atoms with E-state index in [0.717, 1.165) is 11.1 Å². The maximum Gasteiger partial charge on any atom is 0.240 e. The maximum atomic E-state index is 13.4. The maximum absolute atomic E-state index is 13.4. The van der Waals surface area contributed by atoms with Crippen LogP contribution >= 0.6 is 0 Å². The molecule has 1 heterocycles. The van der Waals surface area contributed by atoms with E-state index in [9.17, 15) is 12.8 Å². The van der Waals surface area contributed by atoms with E-state index >= 15 is 0 Å². The van der Waals surface area contributed by atoms with E-state index in [-0.39, 0.29) is 11.4 Å². The fraction of sp³-hybridized carbons (Fsp3) is 0.0952. The molecular formula is C21H18FN3O2S. The lowest BCUT2D eigenvalue weighted by Crippen LogP contribution is -2.23. The Hall–Kier alpha value is -3.03. The van der Waals surface area contributed by atoms with Crippen molar-refractivity contribution in [2.75, 3.05) is 0 Å². The topological polar surface area (TPSA) is 74.8 Å². The Morgan fingerprint density at radius 2 is 1.82 bits per heavy atom. The van der Waals surface area contributed by atoms with E-state index in [0.29, 0.717) is 22.4 Å². The SMILES string of the molecule is Cc1ccc(F)cc1CNS(=O)(=O)c1ccc2nc(-c3ccccc3)[nH]c2c1. The molecule has 3 aromatic carbocycles. The Morgan fingerprint density at radius 3 is 2.61 bits per heavy atom. The molecule has 4 rings (SSSR count). The molecule has 7 heteroatoms. The van der Waals surface area contributed by atoms with Gasteiger partial charge in [0.1, 0.15) is 11.6 Å². The Balaban J connectivity index is 1.61. The molecule has 0 saturated carbocycles. The number of hydrogen-bond acceptors (Lipinski definition) is 3. The number of aromatic nitrogens is 2. The normalized spacial score (nSPS) is 11.8. The summed E-state index contributed by atoms with van der Waals surface area (Å²) in [6.07, 6.45) is 0. The van der Waals surface area contributed by atoms with Gasteiger partial charge >= 0.3 is 0 Å². The van der Waals surface area contributed by atoms with Crippen LogP contribution in [0.25, 0.3) is 22.4 Å². The number of nitrogens with zero attached hydrogens (tertiary/aromatic N) is 1. The van der Waals surface area contributed by atoms with Crippen LogP contribution in [0.2, 0.25) is 0 Å². The summed E-state index contributed by atoms with van der Waals surface area (Å²) < 4.78 is 41.3. The minimum Gasteiger partial charge on any atom is -0.338 e. The number of hydrogen-bond donors (Lipinski definition) is 2. The third kappa shape index (κ3) is 3.67. The van der Waals surface area contributed by atoms with Gasteiger partial charge in [-0.05, 0) is 48.4 Å². The molecule has 0 unspecified atom stereocenters. The van der Waals surface area contributed by atoms with Crippen molar-refractivity contribution in [3.8, 4) is 11.4 Å². The van der Waals surface area contributed by atoms with Crippen molar-refractivity contribution in [1.82, 2.24) is 14.7 Å². The molecular weight excluding hydrogens is 377 g/mol. The van der Waals surface area contributed by atoms with Crippen molar-refractivity contribution in [1.29, 1.82) is 0 Å². The summed E-state index contributed by atoms with van der Waals surface area (Å²) in [4.78, 5) is 7.79. The monoisotopic (exact) mass is 395 g/mol. The Bertz CT molecular complexity index is 1250. The zero-order chi connectivity index (χ0) is 19.7. The van der Waals surface area contributed by atoms with Crippen molar-refractivity contribution in [3.05, 3.63) is 83.7 Å². The number of aryl methyl sites for hydroxylation is 1. The first-order valence-electron chi connectivity index (χ1n) is 8.72. The van der Waals surface area contributed by atoms with Crippen molar-refractivity contribution in [3.63, 3.8) is 0 Å². The smallest absolute Gasteiger partial charge is 0.240 e. The minimum absolute atomic E-state index is 0.0161. The number of benzene rings is 3. The first kappa shape index (κ1) is 18.3. The van der Waals surface area contributed by atoms with E-state index in [1.165, 1.54) is 18.2 Å². The first-order chi connectivity index (χ1) is 13.4. The van der Waals surface area contributed by atoms with Gasteiger partial charge in [-0.1, -0.05) is 36.4 Å². The zero-order valence-electron chi connectivity index (χ0n) is 15.1. The van der Waals surface area contributed by atoms with Crippen LogP contribution in [0.3, 0.4) is 0 Å². The zero-order valence-corrected chi connectivity index (χ0v) is 15.9. The Labute approximate surface area is 162 Å². The summed E-state index contributed by atoms with van der Waals surface area (Å²) in [5.41, 5.74) is 3.64. The second kappa shape index (κ2) is 7.18.